The predicted molar refractivity (Wildman–Crippen MR) is 90.3 cm³/mol. The van der Waals surface area contributed by atoms with Crippen LogP contribution in [0.4, 0.5) is 0 Å². The fourth-order valence-corrected chi connectivity index (χ4v) is 3.50. The summed E-state index contributed by atoms with van der Waals surface area (Å²) in [5.74, 6) is -0.0747. The van der Waals surface area contributed by atoms with E-state index in [1.54, 1.807) is 9.80 Å². The number of hydrogen-bond acceptors (Lipinski definition) is 5. The van der Waals surface area contributed by atoms with Gasteiger partial charge in [0.05, 0.1) is 25.4 Å². The molecule has 8 heteroatoms. The first-order valence-electron chi connectivity index (χ1n) is 7.76. The van der Waals surface area contributed by atoms with Crippen molar-refractivity contribution in [2.75, 3.05) is 45.5 Å². The summed E-state index contributed by atoms with van der Waals surface area (Å²) in [6.07, 6.45) is 1.18. The van der Waals surface area contributed by atoms with Crippen molar-refractivity contribution in [2.45, 2.75) is 6.54 Å². The molecule has 1 fully saturated rings. The third kappa shape index (κ3) is 5.30. The van der Waals surface area contributed by atoms with Gasteiger partial charge in [-0.2, -0.15) is 9.57 Å². The van der Waals surface area contributed by atoms with E-state index in [0.29, 0.717) is 32.7 Å². The van der Waals surface area contributed by atoms with Crippen LogP contribution in [0, 0.1) is 11.3 Å². The second-order valence-corrected chi connectivity index (χ2v) is 7.81. The van der Waals surface area contributed by atoms with Gasteiger partial charge in [-0.1, -0.05) is 30.3 Å². The highest BCUT2D eigenvalue weighted by Gasteiger charge is 2.26. The monoisotopic (exact) mass is 350 g/mol. The summed E-state index contributed by atoms with van der Waals surface area (Å²) in [5.41, 5.74) is 1.04. The van der Waals surface area contributed by atoms with Gasteiger partial charge >= 0.3 is 0 Å². The van der Waals surface area contributed by atoms with E-state index in [1.807, 2.05) is 30.3 Å². The minimum absolute atomic E-state index is 0.0747. The molecule has 0 saturated carbocycles. The van der Waals surface area contributed by atoms with Gasteiger partial charge in [0.2, 0.25) is 15.9 Å². The Bertz CT molecular complexity index is 692. The maximum Gasteiger partial charge on any atom is 0.236 e. The Morgan fingerprint density at radius 1 is 1.21 bits per heavy atom. The van der Waals surface area contributed by atoms with E-state index in [0.717, 1.165) is 5.56 Å². The lowest BCUT2D eigenvalue weighted by atomic mass is 10.2. The van der Waals surface area contributed by atoms with Crippen molar-refractivity contribution in [3.8, 4) is 6.07 Å². The summed E-state index contributed by atoms with van der Waals surface area (Å²) < 4.78 is 24.4. The third-order valence-electron chi connectivity index (χ3n) is 3.96. The van der Waals surface area contributed by atoms with Gasteiger partial charge in [0.1, 0.15) is 0 Å². The zero-order valence-corrected chi connectivity index (χ0v) is 14.6. The van der Waals surface area contributed by atoms with Crippen LogP contribution >= 0.6 is 0 Å². The summed E-state index contributed by atoms with van der Waals surface area (Å²) in [6.45, 7) is 2.27. The number of carbonyl (C=O) groups is 1. The highest BCUT2D eigenvalue weighted by molar-refractivity contribution is 7.88. The number of piperazine rings is 1. The topological polar surface area (TPSA) is 84.7 Å². The number of benzene rings is 1. The molecule has 1 amide bonds. The van der Waals surface area contributed by atoms with Crippen LogP contribution in [-0.4, -0.2) is 74.0 Å². The molecule has 1 aromatic rings. The molecule has 24 heavy (non-hydrogen) atoms. The number of nitrogens with zero attached hydrogens (tertiary/aromatic N) is 4. The molecule has 1 heterocycles. The Kier molecular flexibility index (Phi) is 6.31. The molecule has 0 spiro atoms. The van der Waals surface area contributed by atoms with Gasteiger partial charge in [-0.3, -0.25) is 9.69 Å². The van der Waals surface area contributed by atoms with Crippen molar-refractivity contribution in [3.05, 3.63) is 35.9 Å². The first-order chi connectivity index (χ1) is 11.4. The Balaban J connectivity index is 1.91. The largest absolute Gasteiger partial charge is 0.339 e. The van der Waals surface area contributed by atoms with E-state index in [4.69, 9.17) is 5.26 Å². The molecule has 1 aliphatic heterocycles. The molecule has 2 rings (SSSR count). The molecule has 0 aromatic heterocycles. The van der Waals surface area contributed by atoms with Crippen LogP contribution in [0.15, 0.2) is 30.3 Å². The SMILES string of the molecule is CS(=O)(=O)N1CCN(C(=O)CN(CC#N)Cc2ccccc2)CC1. The van der Waals surface area contributed by atoms with Gasteiger partial charge in [0.15, 0.2) is 0 Å². The van der Waals surface area contributed by atoms with Crippen LogP contribution in [0.25, 0.3) is 0 Å². The lowest BCUT2D eigenvalue weighted by Gasteiger charge is -2.34. The lowest BCUT2D eigenvalue weighted by Crippen LogP contribution is -2.52. The molecule has 0 unspecified atom stereocenters. The molecule has 0 radical (unpaired) electrons. The summed E-state index contributed by atoms with van der Waals surface area (Å²) in [6, 6.07) is 11.8. The van der Waals surface area contributed by atoms with Crippen LogP contribution < -0.4 is 0 Å². The molecule has 130 valence electrons. The number of nitriles is 1. The average Bonchev–Trinajstić information content (AvgIpc) is 2.55. The summed E-state index contributed by atoms with van der Waals surface area (Å²) in [7, 11) is -3.21. The predicted octanol–water partition coefficient (Wildman–Crippen LogP) is 0.116. The Morgan fingerprint density at radius 3 is 2.38 bits per heavy atom. The molecule has 1 aliphatic rings. The van der Waals surface area contributed by atoms with Crippen LogP contribution in [0.3, 0.4) is 0 Å². The van der Waals surface area contributed by atoms with Crippen molar-refractivity contribution in [1.29, 1.82) is 5.26 Å². The number of sulfonamides is 1. The second-order valence-electron chi connectivity index (χ2n) is 5.83. The normalized spacial score (nSPS) is 16.1. The average molecular weight is 350 g/mol. The fraction of sp³-hybridized carbons (Fsp3) is 0.500. The van der Waals surface area contributed by atoms with Gasteiger partial charge in [-0.15, -0.1) is 0 Å². The minimum Gasteiger partial charge on any atom is -0.339 e. The molecule has 0 N–H and O–H groups in total. The Labute approximate surface area is 143 Å². The maximum absolute atomic E-state index is 12.4. The molecule has 7 nitrogen and oxygen atoms in total. The zero-order valence-electron chi connectivity index (χ0n) is 13.8. The van der Waals surface area contributed by atoms with Crippen molar-refractivity contribution < 1.29 is 13.2 Å². The summed E-state index contributed by atoms with van der Waals surface area (Å²) >= 11 is 0. The van der Waals surface area contributed by atoms with Crippen LogP contribution in [0.2, 0.25) is 0 Å². The lowest BCUT2D eigenvalue weighted by molar-refractivity contribution is -0.133. The first-order valence-corrected chi connectivity index (χ1v) is 9.61. The summed E-state index contributed by atoms with van der Waals surface area (Å²) in [5, 5.41) is 8.97. The maximum atomic E-state index is 12.4. The van der Waals surface area contributed by atoms with Gasteiger partial charge in [-0.25, -0.2) is 8.42 Å². The van der Waals surface area contributed by atoms with E-state index >= 15 is 0 Å². The zero-order chi connectivity index (χ0) is 17.6. The Morgan fingerprint density at radius 2 is 1.83 bits per heavy atom. The Hall–Kier alpha value is -1.95. The van der Waals surface area contributed by atoms with Crippen LogP contribution in [-0.2, 0) is 21.4 Å². The number of hydrogen-bond donors (Lipinski definition) is 0. The van der Waals surface area contributed by atoms with E-state index in [-0.39, 0.29) is 19.0 Å². The minimum atomic E-state index is -3.21. The quantitative estimate of drug-likeness (QED) is 0.680. The van der Waals surface area contributed by atoms with Gasteiger partial charge in [0.25, 0.3) is 0 Å². The van der Waals surface area contributed by atoms with Gasteiger partial charge < -0.3 is 4.90 Å². The number of carbonyl (C=O) groups excluding carboxylic acids is 1. The van der Waals surface area contributed by atoms with Crippen molar-refractivity contribution >= 4 is 15.9 Å². The molecule has 0 atom stereocenters. The fourth-order valence-electron chi connectivity index (χ4n) is 2.67. The van der Waals surface area contributed by atoms with Gasteiger partial charge in [0, 0.05) is 32.7 Å². The molecular formula is C16H22N4O3S. The van der Waals surface area contributed by atoms with E-state index in [2.05, 4.69) is 6.07 Å². The molecule has 0 aliphatic carbocycles. The van der Waals surface area contributed by atoms with E-state index in [1.165, 1.54) is 10.6 Å². The first kappa shape index (κ1) is 18.4. The smallest absolute Gasteiger partial charge is 0.236 e. The third-order valence-corrected chi connectivity index (χ3v) is 5.27. The van der Waals surface area contributed by atoms with Crippen molar-refractivity contribution in [3.63, 3.8) is 0 Å². The highest BCUT2D eigenvalue weighted by Crippen LogP contribution is 2.08. The number of rotatable bonds is 6. The summed E-state index contributed by atoms with van der Waals surface area (Å²) in [4.78, 5) is 15.9. The van der Waals surface area contributed by atoms with Crippen LogP contribution in [0.5, 0.6) is 0 Å². The molecular weight excluding hydrogens is 328 g/mol. The van der Waals surface area contributed by atoms with Crippen LogP contribution in [0.1, 0.15) is 5.56 Å². The van der Waals surface area contributed by atoms with Crippen molar-refractivity contribution in [1.82, 2.24) is 14.1 Å². The van der Waals surface area contributed by atoms with Gasteiger partial charge in [-0.05, 0) is 5.56 Å². The van der Waals surface area contributed by atoms with E-state index in [9.17, 15) is 13.2 Å². The van der Waals surface area contributed by atoms with E-state index < -0.39 is 10.0 Å². The highest BCUT2D eigenvalue weighted by atomic mass is 32.2. The molecule has 1 aromatic carbocycles. The molecule has 1 saturated heterocycles. The second kappa shape index (κ2) is 8.24. The molecule has 0 bridgehead atoms. The number of amides is 1. The van der Waals surface area contributed by atoms with Crippen molar-refractivity contribution in [2.24, 2.45) is 0 Å². The standard InChI is InChI=1S/C16H22N4O3S/c1-24(22,23)20-11-9-19(10-12-20)16(21)14-18(8-7-17)13-15-5-3-2-4-6-15/h2-6H,8-14H2,1H3.